The summed E-state index contributed by atoms with van der Waals surface area (Å²) in [5.74, 6) is 0.343. The zero-order valence-corrected chi connectivity index (χ0v) is 11.8. The van der Waals surface area contributed by atoms with Gasteiger partial charge in [-0.3, -0.25) is 4.79 Å². The van der Waals surface area contributed by atoms with Gasteiger partial charge in [0, 0.05) is 17.8 Å². The number of nitrogens with zero attached hydrogens (tertiary/aromatic N) is 2. The van der Waals surface area contributed by atoms with Crippen molar-refractivity contribution in [3.63, 3.8) is 0 Å². The van der Waals surface area contributed by atoms with Gasteiger partial charge in [-0.2, -0.15) is 0 Å². The van der Waals surface area contributed by atoms with Crippen LogP contribution in [0, 0.1) is 0 Å². The molecule has 0 bridgehead atoms. The number of thiazole rings is 1. The number of aromatic nitrogens is 1. The SMILES string of the molecule is CCOC(=O)Cc1nc(C2CCCN(C)C2)cs1. The predicted octanol–water partition coefficient (Wildman–Crippen LogP) is 2.06. The first-order valence-corrected chi connectivity index (χ1v) is 7.35. The molecule has 4 nitrogen and oxygen atoms in total. The highest BCUT2D eigenvalue weighted by Gasteiger charge is 2.21. The molecule has 0 saturated carbocycles. The van der Waals surface area contributed by atoms with Crippen LogP contribution in [0.25, 0.3) is 0 Å². The lowest BCUT2D eigenvalue weighted by molar-refractivity contribution is -0.142. The second kappa shape index (κ2) is 6.29. The molecule has 2 rings (SSSR count). The summed E-state index contributed by atoms with van der Waals surface area (Å²) in [6.45, 7) is 4.51. The first kappa shape index (κ1) is 13.5. The van der Waals surface area contributed by atoms with Crippen molar-refractivity contribution in [1.29, 1.82) is 0 Å². The Morgan fingerprint density at radius 3 is 3.22 bits per heavy atom. The Morgan fingerprint density at radius 1 is 1.67 bits per heavy atom. The molecular formula is C13H20N2O2S. The van der Waals surface area contributed by atoms with E-state index in [2.05, 4.69) is 22.3 Å². The molecule has 18 heavy (non-hydrogen) atoms. The molecule has 0 amide bonds. The molecule has 1 aromatic rings. The lowest BCUT2D eigenvalue weighted by Crippen LogP contribution is -2.30. The predicted molar refractivity (Wildman–Crippen MR) is 71.9 cm³/mol. The Balaban J connectivity index is 1.95. The van der Waals surface area contributed by atoms with Gasteiger partial charge in [0.05, 0.1) is 18.7 Å². The fourth-order valence-corrected chi connectivity index (χ4v) is 3.20. The molecule has 0 aliphatic carbocycles. The maximum absolute atomic E-state index is 11.4. The maximum atomic E-state index is 11.4. The van der Waals surface area contributed by atoms with Gasteiger partial charge in [0.2, 0.25) is 0 Å². The largest absolute Gasteiger partial charge is 0.466 e. The first-order valence-electron chi connectivity index (χ1n) is 6.47. The Labute approximate surface area is 112 Å². The molecule has 1 aromatic heterocycles. The summed E-state index contributed by atoms with van der Waals surface area (Å²) in [6, 6.07) is 0. The van der Waals surface area contributed by atoms with E-state index >= 15 is 0 Å². The van der Waals surface area contributed by atoms with Gasteiger partial charge in [-0.15, -0.1) is 11.3 Å². The average molecular weight is 268 g/mol. The van der Waals surface area contributed by atoms with Gasteiger partial charge in [-0.05, 0) is 33.4 Å². The number of hydrogen-bond acceptors (Lipinski definition) is 5. The summed E-state index contributed by atoms with van der Waals surface area (Å²) in [6.07, 6.45) is 2.74. The Morgan fingerprint density at radius 2 is 2.50 bits per heavy atom. The van der Waals surface area contributed by atoms with Gasteiger partial charge in [-0.25, -0.2) is 4.98 Å². The van der Waals surface area contributed by atoms with Gasteiger partial charge in [0.25, 0.3) is 0 Å². The van der Waals surface area contributed by atoms with Gasteiger partial charge in [0.15, 0.2) is 0 Å². The number of carbonyl (C=O) groups excluding carboxylic acids is 1. The van der Waals surface area contributed by atoms with Gasteiger partial charge < -0.3 is 9.64 Å². The number of hydrogen-bond donors (Lipinski definition) is 0. The number of rotatable bonds is 4. The molecule has 0 spiro atoms. The molecule has 2 heterocycles. The monoisotopic (exact) mass is 268 g/mol. The minimum absolute atomic E-state index is 0.181. The van der Waals surface area contributed by atoms with E-state index in [1.54, 1.807) is 11.3 Å². The maximum Gasteiger partial charge on any atom is 0.312 e. The molecule has 1 saturated heterocycles. The smallest absolute Gasteiger partial charge is 0.312 e. The van der Waals surface area contributed by atoms with Gasteiger partial charge in [0.1, 0.15) is 5.01 Å². The summed E-state index contributed by atoms with van der Waals surface area (Å²) >= 11 is 1.57. The van der Waals surface area contributed by atoms with Crippen molar-refractivity contribution in [2.45, 2.75) is 32.1 Å². The first-order chi connectivity index (χ1) is 8.69. The van der Waals surface area contributed by atoms with Crippen molar-refractivity contribution in [2.75, 3.05) is 26.7 Å². The lowest BCUT2D eigenvalue weighted by atomic mass is 9.96. The van der Waals surface area contributed by atoms with Crippen LogP contribution >= 0.6 is 11.3 Å². The van der Waals surface area contributed by atoms with E-state index in [9.17, 15) is 4.79 Å². The third-order valence-electron chi connectivity index (χ3n) is 3.21. The zero-order chi connectivity index (χ0) is 13.0. The van der Waals surface area contributed by atoms with Crippen LogP contribution in [0.3, 0.4) is 0 Å². The highest BCUT2D eigenvalue weighted by molar-refractivity contribution is 7.09. The number of carbonyl (C=O) groups is 1. The third-order valence-corrected chi connectivity index (χ3v) is 4.08. The minimum atomic E-state index is -0.181. The second-order valence-electron chi connectivity index (χ2n) is 4.75. The molecule has 1 fully saturated rings. The molecule has 1 aliphatic rings. The Kier molecular flexibility index (Phi) is 4.72. The molecule has 1 aliphatic heterocycles. The van der Waals surface area contributed by atoms with Gasteiger partial charge >= 0.3 is 5.97 Å². The van der Waals surface area contributed by atoms with E-state index in [1.807, 2.05) is 6.92 Å². The van der Waals surface area contributed by atoms with Crippen molar-refractivity contribution in [3.05, 3.63) is 16.1 Å². The van der Waals surface area contributed by atoms with E-state index < -0.39 is 0 Å². The number of likely N-dealkylation sites (N-methyl/N-ethyl adjacent to an activating group) is 1. The lowest BCUT2D eigenvalue weighted by Gasteiger charge is -2.28. The van der Waals surface area contributed by atoms with Crippen LogP contribution in [-0.4, -0.2) is 42.6 Å². The molecule has 0 radical (unpaired) electrons. The second-order valence-corrected chi connectivity index (χ2v) is 5.69. The molecular weight excluding hydrogens is 248 g/mol. The number of likely N-dealkylation sites (tertiary alicyclic amines) is 1. The highest BCUT2D eigenvalue weighted by Crippen LogP contribution is 2.27. The Bertz CT molecular complexity index is 405. The summed E-state index contributed by atoms with van der Waals surface area (Å²) in [4.78, 5) is 18.3. The van der Waals surface area contributed by atoms with E-state index in [0.717, 1.165) is 17.2 Å². The van der Waals surface area contributed by atoms with Crippen molar-refractivity contribution < 1.29 is 9.53 Å². The molecule has 0 aromatic carbocycles. The summed E-state index contributed by atoms with van der Waals surface area (Å²) in [5, 5.41) is 2.97. The van der Waals surface area contributed by atoms with Crippen LogP contribution in [0.15, 0.2) is 5.38 Å². The van der Waals surface area contributed by atoms with E-state index in [1.165, 1.54) is 19.4 Å². The van der Waals surface area contributed by atoms with E-state index in [-0.39, 0.29) is 5.97 Å². The summed E-state index contributed by atoms with van der Waals surface area (Å²) < 4.78 is 4.94. The third kappa shape index (κ3) is 3.53. The molecule has 0 N–H and O–H groups in total. The van der Waals surface area contributed by atoms with Crippen molar-refractivity contribution in [3.8, 4) is 0 Å². The van der Waals surface area contributed by atoms with E-state index in [4.69, 9.17) is 4.74 Å². The zero-order valence-electron chi connectivity index (χ0n) is 11.0. The van der Waals surface area contributed by atoms with Crippen LogP contribution in [0.1, 0.15) is 36.4 Å². The average Bonchev–Trinajstić information content (AvgIpc) is 2.78. The normalized spacial score (nSPS) is 20.9. The fourth-order valence-electron chi connectivity index (χ4n) is 2.34. The van der Waals surface area contributed by atoms with E-state index in [0.29, 0.717) is 18.9 Å². The van der Waals surface area contributed by atoms with Crippen LogP contribution in [0.4, 0.5) is 0 Å². The fraction of sp³-hybridized carbons (Fsp3) is 0.692. The van der Waals surface area contributed by atoms with Crippen molar-refractivity contribution in [2.24, 2.45) is 0 Å². The summed E-state index contributed by atoms with van der Waals surface area (Å²) in [7, 11) is 2.15. The number of ether oxygens (including phenoxy) is 1. The summed E-state index contributed by atoms with van der Waals surface area (Å²) in [5.41, 5.74) is 1.14. The van der Waals surface area contributed by atoms with Gasteiger partial charge in [-0.1, -0.05) is 0 Å². The topological polar surface area (TPSA) is 42.4 Å². The number of piperidine rings is 1. The van der Waals surface area contributed by atoms with Crippen LogP contribution in [0.5, 0.6) is 0 Å². The highest BCUT2D eigenvalue weighted by atomic mass is 32.1. The molecule has 1 unspecified atom stereocenters. The molecule has 100 valence electrons. The standard InChI is InChI=1S/C13H20N2O2S/c1-3-17-13(16)7-12-14-11(9-18-12)10-5-4-6-15(2)8-10/h9-10H,3-8H2,1-2H3. The quantitative estimate of drug-likeness (QED) is 0.784. The minimum Gasteiger partial charge on any atom is -0.466 e. The molecule has 5 heteroatoms. The van der Waals surface area contributed by atoms with Crippen molar-refractivity contribution in [1.82, 2.24) is 9.88 Å². The van der Waals surface area contributed by atoms with Crippen molar-refractivity contribution >= 4 is 17.3 Å². The van der Waals surface area contributed by atoms with Crippen LogP contribution in [-0.2, 0) is 16.0 Å². The Hall–Kier alpha value is -0.940. The molecule has 1 atom stereocenters. The van der Waals surface area contributed by atoms with Crippen LogP contribution < -0.4 is 0 Å². The number of esters is 1. The van der Waals surface area contributed by atoms with Crippen LogP contribution in [0.2, 0.25) is 0 Å².